The highest BCUT2D eigenvalue weighted by Crippen LogP contribution is 2.26. The summed E-state index contributed by atoms with van der Waals surface area (Å²) in [6.07, 6.45) is 6.69. The van der Waals surface area contributed by atoms with Gasteiger partial charge in [0.25, 0.3) is 0 Å². The van der Waals surface area contributed by atoms with Crippen LogP contribution in [0.4, 0.5) is 0 Å². The number of thioether (sulfide) groups is 1. The Balaban J connectivity index is 1.73. The summed E-state index contributed by atoms with van der Waals surface area (Å²) < 4.78 is 16.4. The number of rotatable bonds is 12. The zero-order valence-corrected chi connectivity index (χ0v) is 17.8. The van der Waals surface area contributed by atoms with E-state index >= 15 is 0 Å². The van der Waals surface area contributed by atoms with Crippen LogP contribution < -0.4 is 0 Å². The largest absolute Gasteiger partial charge is 0.465 e. The molecule has 0 spiro atoms. The molecule has 0 radical (unpaired) electrons. The van der Waals surface area contributed by atoms with E-state index in [1.165, 1.54) is 23.7 Å². The molecule has 1 aromatic carbocycles. The van der Waals surface area contributed by atoms with Crippen LogP contribution in [0.1, 0.15) is 57.9 Å². The maximum Gasteiger partial charge on any atom is 0.327 e. The van der Waals surface area contributed by atoms with E-state index in [1.54, 1.807) is 13.8 Å². The molecular formula is C22H32O5S. The Morgan fingerprint density at radius 3 is 2.61 bits per heavy atom. The molecule has 0 saturated carbocycles. The number of carbonyl (C=O) groups excluding carboxylic acids is 2. The van der Waals surface area contributed by atoms with Crippen molar-refractivity contribution >= 4 is 23.5 Å². The first-order chi connectivity index (χ1) is 13.6. The van der Waals surface area contributed by atoms with Crippen molar-refractivity contribution in [2.75, 3.05) is 19.8 Å². The summed E-state index contributed by atoms with van der Waals surface area (Å²) in [6, 6.07) is 8.07. The average Bonchev–Trinajstić information content (AvgIpc) is 2.73. The van der Waals surface area contributed by atoms with Gasteiger partial charge in [0, 0.05) is 24.5 Å². The highest BCUT2D eigenvalue weighted by molar-refractivity contribution is 8.01. The zero-order chi connectivity index (χ0) is 20.2. The molecule has 0 bridgehead atoms. The van der Waals surface area contributed by atoms with Gasteiger partial charge in [0.15, 0.2) is 17.3 Å². The lowest BCUT2D eigenvalue weighted by Crippen LogP contribution is -2.28. The second-order valence-electron chi connectivity index (χ2n) is 6.84. The fraction of sp³-hybridized carbons (Fsp3) is 0.636. The van der Waals surface area contributed by atoms with Crippen LogP contribution in [0.15, 0.2) is 29.2 Å². The molecule has 2 unspecified atom stereocenters. The van der Waals surface area contributed by atoms with E-state index in [9.17, 15) is 9.59 Å². The van der Waals surface area contributed by atoms with E-state index in [0.717, 1.165) is 50.2 Å². The molecule has 0 aliphatic carbocycles. The Kier molecular flexibility index (Phi) is 10.6. The van der Waals surface area contributed by atoms with Crippen molar-refractivity contribution in [1.29, 1.82) is 0 Å². The van der Waals surface area contributed by atoms with Crippen molar-refractivity contribution in [3.63, 3.8) is 0 Å². The van der Waals surface area contributed by atoms with Crippen LogP contribution in [0.25, 0.3) is 0 Å². The third kappa shape index (κ3) is 7.94. The summed E-state index contributed by atoms with van der Waals surface area (Å²) in [7, 11) is 0. The van der Waals surface area contributed by atoms with Gasteiger partial charge in [-0.25, -0.2) is 0 Å². The van der Waals surface area contributed by atoms with Crippen LogP contribution in [-0.2, 0) is 30.2 Å². The molecule has 0 aromatic heterocycles. The van der Waals surface area contributed by atoms with Crippen molar-refractivity contribution < 1.29 is 23.8 Å². The molecule has 0 N–H and O–H groups in total. The van der Waals surface area contributed by atoms with Crippen molar-refractivity contribution in [3.05, 3.63) is 29.8 Å². The van der Waals surface area contributed by atoms with Crippen LogP contribution in [0, 0.1) is 0 Å². The van der Waals surface area contributed by atoms with Gasteiger partial charge in [-0.2, -0.15) is 0 Å². The monoisotopic (exact) mass is 408 g/mol. The summed E-state index contributed by atoms with van der Waals surface area (Å²) in [5.41, 5.74) is 1.24. The lowest BCUT2D eigenvalue weighted by atomic mass is 10.1. The normalized spacial score (nSPS) is 17.9. The SMILES string of the molecule is CCOC(=O)C(Sc1ccc(CCCCOC2CCCCO2)cc1)C(=O)CC. The molecule has 1 fully saturated rings. The van der Waals surface area contributed by atoms with Gasteiger partial charge >= 0.3 is 5.97 Å². The fourth-order valence-corrected chi connectivity index (χ4v) is 4.04. The number of unbranched alkanes of at least 4 members (excludes halogenated alkanes) is 1. The predicted octanol–water partition coefficient (Wildman–Crippen LogP) is 4.56. The van der Waals surface area contributed by atoms with Gasteiger partial charge in [-0.15, -0.1) is 11.8 Å². The Hall–Kier alpha value is -1.37. The first kappa shape index (κ1) is 22.9. The molecular weight excluding hydrogens is 376 g/mol. The summed E-state index contributed by atoms with van der Waals surface area (Å²) in [5, 5.41) is -0.782. The van der Waals surface area contributed by atoms with Crippen LogP contribution in [0.3, 0.4) is 0 Å². The van der Waals surface area contributed by atoms with Gasteiger partial charge < -0.3 is 14.2 Å². The Bertz CT molecular complexity index is 595. The molecule has 2 rings (SSSR count). The minimum atomic E-state index is -0.782. The predicted molar refractivity (Wildman–Crippen MR) is 110 cm³/mol. The molecule has 156 valence electrons. The van der Waals surface area contributed by atoms with Gasteiger partial charge in [-0.3, -0.25) is 9.59 Å². The third-order valence-electron chi connectivity index (χ3n) is 4.62. The van der Waals surface area contributed by atoms with E-state index in [4.69, 9.17) is 14.2 Å². The van der Waals surface area contributed by atoms with E-state index in [1.807, 2.05) is 12.1 Å². The average molecular weight is 409 g/mol. The number of ketones is 1. The summed E-state index contributed by atoms with van der Waals surface area (Å²) >= 11 is 1.27. The standard InChI is InChI=1S/C22H32O5S/c1-3-19(23)21(22(24)25-4-2)28-18-13-11-17(12-14-18)9-5-7-15-26-20-10-6-8-16-27-20/h11-14,20-21H,3-10,15-16H2,1-2H3. The highest BCUT2D eigenvalue weighted by atomic mass is 32.2. The second kappa shape index (κ2) is 13.0. The lowest BCUT2D eigenvalue weighted by molar-refractivity contribution is -0.162. The summed E-state index contributed by atoms with van der Waals surface area (Å²) in [6.45, 7) is 5.34. The van der Waals surface area contributed by atoms with Crippen molar-refractivity contribution in [3.8, 4) is 0 Å². The van der Waals surface area contributed by atoms with Crippen LogP contribution >= 0.6 is 11.8 Å². The number of aryl methyl sites for hydroxylation is 1. The van der Waals surface area contributed by atoms with Crippen LogP contribution in [0.5, 0.6) is 0 Å². The molecule has 1 heterocycles. The topological polar surface area (TPSA) is 61.8 Å². The smallest absolute Gasteiger partial charge is 0.327 e. The highest BCUT2D eigenvalue weighted by Gasteiger charge is 2.27. The van der Waals surface area contributed by atoms with Gasteiger partial charge in [-0.1, -0.05) is 19.1 Å². The van der Waals surface area contributed by atoms with Crippen molar-refractivity contribution in [2.45, 2.75) is 75.2 Å². The second-order valence-corrected chi connectivity index (χ2v) is 8.02. The molecule has 5 nitrogen and oxygen atoms in total. The minimum Gasteiger partial charge on any atom is -0.465 e. The first-order valence-electron chi connectivity index (χ1n) is 10.3. The number of hydrogen-bond acceptors (Lipinski definition) is 6. The van der Waals surface area contributed by atoms with Gasteiger partial charge in [0.2, 0.25) is 0 Å². The lowest BCUT2D eigenvalue weighted by Gasteiger charge is -2.22. The summed E-state index contributed by atoms with van der Waals surface area (Å²) in [5.74, 6) is -0.556. The van der Waals surface area contributed by atoms with Crippen LogP contribution in [-0.4, -0.2) is 43.1 Å². The number of ether oxygens (including phenoxy) is 3. The molecule has 28 heavy (non-hydrogen) atoms. The zero-order valence-electron chi connectivity index (χ0n) is 17.0. The Morgan fingerprint density at radius 2 is 1.96 bits per heavy atom. The third-order valence-corrected chi connectivity index (χ3v) is 5.86. The van der Waals surface area contributed by atoms with E-state index in [0.29, 0.717) is 6.42 Å². The van der Waals surface area contributed by atoms with Crippen LogP contribution in [0.2, 0.25) is 0 Å². The fourth-order valence-electron chi connectivity index (χ4n) is 3.01. The molecule has 1 saturated heterocycles. The minimum absolute atomic E-state index is 0.0109. The Labute approximate surface area is 172 Å². The molecule has 0 amide bonds. The maximum atomic E-state index is 12.1. The number of carbonyl (C=O) groups is 2. The number of Topliss-reactive ketones (excluding diaryl/α,β-unsaturated/α-hetero) is 1. The van der Waals surface area contributed by atoms with Gasteiger partial charge in [0.05, 0.1) is 6.61 Å². The molecule has 2 atom stereocenters. The molecule has 6 heteroatoms. The number of hydrogen-bond donors (Lipinski definition) is 0. The van der Waals surface area contributed by atoms with Gasteiger partial charge in [0.1, 0.15) is 0 Å². The van der Waals surface area contributed by atoms with E-state index < -0.39 is 11.2 Å². The van der Waals surface area contributed by atoms with Crippen molar-refractivity contribution in [1.82, 2.24) is 0 Å². The Morgan fingerprint density at radius 1 is 1.18 bits per heavy atom. The summed E-state index contributed by atoms with van der Waals surface area (Å²) in [4.78, 5) is 25.0. The van der Waals surface area contributed by atoms with E-state index in [2.05, 4.69) is 12.1 Å². The molecule has 1 aromatic rings. The molecule has 1 aliphatic rings. The van der Waals surface area contributed by atoms with Gasteiger partial charge in [-0.05, 0) is 63.1 Å². The quantitative estimate of drug-likeness (QED) is 0.219. The molecule has 1 aliphatic heterocycles. The number of benzene rings is 1. The maximum absolute atomic E-state index is 12.1. The first-order valence-corrected chi connectivity index (χ1v) is 11.2. The van der Waals surface area contributed by atoms with Crippen molar-refractivity contribution in [2.24, 2.45) is 0 Å². The van der Waals surface area contributed by atoms with E-state index in [-0.39, 0.29) is 18.7 Å². The number of esters is 1.